The number of nitriles is 1. The maximum absolute atomic E-state index is 13.2. The number of carbonyl (C=O) groups is 1. The van der Waals surface area contributed by atoms with Crippen molar-refractivity contribution in [3.05, 3.63) is 52.8 Å². The van der Waals surface area contributed by atoms with Gasteiger partial charge in [-0.05, 0) is 38.0 Å². The highest BCUT2D eigenvalue weighted by atomic mass is 16.5. The molecule has 134 valence electrons. The van der Waals surface area contributed by atoms with Gasteiger partial charge in [0.1, 0.15) is 17.9 Å². The first-order chi connectivity index (χ1) is 12.6. The molecule has 1 aromatic heterocycles. The average molecular weight is 350 g/mol. The van der Waals surface area contributed by atoms with Crippen molar-refractivity contribution in [3.63, 3.8) is 0 Å². The van der Waals surface area contributed by atoms with E-state index in [0.29, 0.717) is 17.8 Å². The zero-order valence-corrected chi connectivity index (χ0v) is 15.0. The summed E-state index contributed by atoms with van der Waals surface area (Å²) in [5, 5.41) is 12.9. The minimum absolute atomic E-state index is 0.00149. The monoisotopic (exact) mass is 350 g/mol. The number of nitrogens with one attached hydrogen (secondary N) is 1. The first-order valence-electron chi connectivity index (χ1n) is 8.94. The molecule has 3 heterocycles. The molecule has 2 aromatic rings. The van der Waals surface area contributed by atoms with Crippen LogP contribution in [0.15, 0.2) is 30.3 Å². The minimum Gasteiger partial charge on any atom is -0.376 e. The number of fused-ring (bicyclic) bond motifs is 1. The number of para-hydroxylation sites is 1. The Bertz CT molecular complexity index is 890. The number of benzene rings is 1. The van der Waals surface area contributed by atoms with E-state index in [-0.39, 0.29) is 18.2 Å². The minimum atomic E-state index is -0.310. The van der Waals surface area contributed by atoms with E-state index >= 15 is 0 Å². The average Bonchev–Trinajstić information content (AvgIpc) is 3.26. The molecule has 1 saturated heterocycles. The van der Waals surface area contributed by atoms with Crippen LogP contribution in [0.3, 0.4) is 0 Å². The molecule has 0 bridgehead atoms. The largest absolute Gasteiger partial charge is 0.376 e. The quantitative estimate of drug-likeness (QED) is 0.924. The van der Waals surface area contributed by atoms with Crippen LogP contribution < -0.4 is 5.32 Å². The van der Waals surface area contributed by atoms with Crippen molar-refractivity contribution in [2.24, 2.45) is 7.05 Å². The third-order valence-electron chi connectivity index (χ3n) is 5.43. The molecule has 26 heavy (non-hydrogen) atoms. The van der Waals surface area contributed by atoms with Crippen LogP contribution in [0.5, 0.6) is 0 Å². The van der Waals surface area contributed by atoms with Crippen molar-refractivity contribution in [3.8, 4) is 6.07 Å². The van der Waals surface area contributed by atoms with E-state index in [2.05, 4.69) is 11.4 Å². The summed E-state index contributed by atoms with van der Waals surface area (Å²) in [6, 6.07) is 11.7. The molecular weight excluding hydrogens is 328 g/mol. The predicted octanol–water partition coefficient (Wildman–Crippen LogP) is 2.95. The molecule has 6 nitrogen and oxygen atoms in total. The predicted molar refractivity (Wildman–Crippen MR) is 97.7 cm³/mol. The molecule has 1 aromatic carbocycles. The third-order valence-corrected chi connectivity index (χ3v) is 5.43. The molecule has 6 heteroatoms. The maximum atomic E-state index is 13.2. The fraction of sp³-hybridized carbons (Fsp3) is 0.400. The van der Waals surface area contributed by atoms with Crippen LogP contribution in [0.25, 0.3) is 0 Å². The van der Waals surface area contributed by atoms with E-state index in [1.807, 2.05) is 53.8 Å². The molecule has 4 rings (SSSR count). The van der Waals surface area contributed by atoms with Crippen molar-refractivity contribution >= 4 is 11.6 Å². The van der Waals surface area contributed by atoms with Gasteiger partial charge in [-0.1, -0.05) is 12.1 Å². The summed E-state index contributed by atoms with van der Waals surface area (Å²) in [6.07, 6.45) is 1.75. The number of amides is 1. The molecule has 0 spiro atoms. The van der Waals surface area contributed by atoms with Gasteiger partial charge in [0.05, 0.1) is 11.7 Å². The zero-order valence-electron chi connectivity index (χ0n) is 15.0. The first-order valence-corrected chi connectivity index (χ1v) is 8.94. The van der Waals surface area contributed by atoms with Crippen LogP contribution in [0.4, 0.5) is 5.69 Å². The highest BCUT2D eigenvalue weighted by molar-refractivity contribution is 6.01. The highest BCUT2D eigenvalue weighted by Gasteiger charge is 2.36. The first kappa shape index (κ1) is 16.7. The van der Waals surface area contributed by atoms with Crippen LogP contribution in [0, 0.1) is 18.3 Å². The van der Waals surface area contributed by atoms with E-state index in [1.54, 1.807) is 0 Å². The Morgan fingerprint density at radius 3 is 2.88 bits per heavy atom. The van der Waals surface area contributed by atoms with Crippen molar-refractivity contribution in [1.82, 2.24) is 9.47 Å². The molecule has 2 aliphatic heterocycles. The SMILES string of the molecule is Cc1c([C@@H]2Nc3ccccc3C(=O)N2C[C@@H]2CCCO2)cc(C#N)n1C. The van der Waals surface area contributed by atoms with Gasteiger partial charge in [0.15, 0.2) is 0 Å². The number of ether oxygens (including phenoxy) is 1. The lowest BCUT2D eigenvalue weighted by Gasteiger charge is -2.39. The summed E-state index contributed by atoms with van der Waals surface area (Å²) >= 11 is 0. The van der Waals surface area contributed by atoms with Gasteiger partial charge in [0, 0.05) is 37.1 Å². The highest BCUT2D eigenvalue weighted by Crippen LogP contribution is 2.36. The normalized spacial score (nSPS) is 22.0. The van der Waals surface area contributed by atoms with E-state index in [0.717, 1.165) is 36.4 Å². The van der Waals surface area contributed by atoms with Gasteiger partial charge in [-0.25, -0.2) is 0 Å². The Labute approximate surface area is 153 Å². The smallest absolute Gasteiger partial charge is 0.257 e. The lowest BCUT2D eigenvalue weighted by Crippen LogP contribution is -2.46. The summed E-state index contributed by atoms with van der Waals surface area (Å²) < 4.78 is 7.64. The van der Waals surface area contributed by atoms with Crippen molar-refractivity contribution in [1.29, 1.82) is 5.26 Å². The standard InChI is InChI=1S/C20H22N4O2/c1-13-17(10-14(11-21)23(13)2)19-22-18-8-4-3-7-16(18)20(25)24(19)12-15-6-5-9-26-15/h3-4,7-8,10,15,19,22H,5-6,9,12H2,1-2H3/t15-,19+/m0/s1. The molecule has 0 saturated carbocycles. The lowest BCUT2D eigenvalue weighted by atomic mass is 10.0. The molecule has 0 aliphatic carbocycles. The van der Waals surface area contributed by atoms with Crippen molar-refractivity contribution < 1.29 is 9.53 Å². The molecule has 1 amide bonds. The summed E-state index contributed by atoms with van der Waals surface area (Å²) in [5.41, 5.74) is 4.01. The lowest BCUT2D eigenvalue weighted by molar-refractivity contribution is 0.0426. The van der Waals surface area contributed by atoms with E-state index in [9.17, 15) is 10.1 Å². The Morgan fingerprint density at radius 1 is 1.38 bits per heavy atom. The van der Waals surface area contributed by atoms with Gasteiger partial charge in [0.25, 0.3) is 5.91 Å². The molecule has 1 N–H and O–H groups in total. The summed E-state index contributed by atoms with van der Waals surface area (Å²) in [6.45, 7) is 3.28. The van der Waals surface area contributed by atoms with Crippen molar-refractivity contribution in [2.45, 2.75) is 32.0 Å². The van der Waals surface area contributed by atoms with Crippen LogP contribution in [0.1, 0.15) is 46.3 Å². The Balaban J connectivity index is 1.77. The molecule has 0 radical (unpaired) electrons. The zero-order chi connectivity index (χ0) is 18.3. The Morgan fingerprint density at radius 2 is 2.19 bits per heavy atom. The fourth-order valence-corrected chi connectivity index (χ4v) is 3.84. The number of hydrogen-bond acceptors (Lipinski definition) is 4. The van der Waals surface area contributed by atoms with E-state index in [4.69, 9.17) is 4.74 Å². The van der Waals surface area contributed by atoms with Gasteiger partial charge < -0.3 is 19.5 Å². The summed E-state index contributed by atoms with van der Waals surface area (Å²) in [7, 11) is 1.88. The molecule has 0 unspecified atom stereocenters. The second-order valence-electron chi connectivity index (χ2n) is 6.93. The van der Waals surface area contributed by atoms with Gasteiger partial charge >= 0.3 is 0 Å². The topological polar surface area (TPSA) is 70.3 Å². The third kappa shape index (κ3) is 2.65. The number of carbonyl (C=O) groups excluding carboxylic acids is 1. The second-order valence-corrected chi connectivity index (χ2v) is 6.93. The fourth-order valence-electron chi connectivity index (χ4n) is 3.84. The van der Waals surface area contributed by atoms with Crippen LogP contribution in [-0.4, -0.2) is 34.6 Å². The van der Waals surface area contributed by atoms with Gasteiger partial charge in [0.2, 0.25) is 0 Å². The summed E-state index contributed by atoms with van der Waals surface area (Å²) in [4.78, 5) is 15.1. The van der Waals surface area contributed by atoms with Gasteiger partial charge in [-0.2, -0.15) is 5.26 Å². The van der Waals surface area contributed by atoms with E-state index < -0.39 is 0 Å². The number of nitrogens with zero attached hydrogens (tertiary/aromatic N) is 3. The number of anilines is 1. The van der Waals surface area contributed by atoms with Gasteiger partial charge in [-0.15, -0.1) is 0 Å². The molecular formula is C20H22N4O2. The molecule has 1 fully saturated rings. The summed E-state index contributed by atoms with van der Waals surface area (Å²) in [5.74, 6) is 0.00149. The Hall–Kier alpha value is -2.78. The van der Waals surface area contributed by atoms with Gasteiger partial charge in [-0.3, -0.25) is 4.79 Å². The molecule has 2 aliphatic rings. The number of rotatable bonds is 3. The van der Waals surface area contributed by atoms with Crippen LogP contribution in [-0.2, 0) is 11.8 Å². The maximum Gasteiger partial charge on any atom is 0.257 e. The number of aromatic nitrogens is 1. The number of hydrogen-bond donors (Lipinski definition) is 1. The van der Waals surface area contributed by atoms with Crippen molar-refractivity contribution in [2.75, 3.05) is 18.5 Å². The van der Waals surface area contributed by atoms with E-state index in [1.165, 1.54) is 0 Å². The van der Waals surface area contributed by atoms with Crippen LogP contribution in [0.2, 0.25) is 0 Å². The van der Waals surface area contributed by atoms with Crippen LogP contribution >= 0.6 is 0 Å². The molecule has 2 atom stereocenters. The second kappa shape index (κ2) is 6.50. The Kier molecular flexibility index (Phi) is 4.17.